The van der Waals surface area contributed by atoms with Gasteiger partial charge in [0.05, 0.1) is 44.0 Å². The lowest BCUT2D eigenvalue weighted by atomic mass is 10.0. The SMILES string of the molecule is Cc1nn(CCC#N)c(C)c1CCC(=O)NC[C@@H](c1ccc(Cl)cc1)N1CCOCC1. The Hall–Kier alpha value is -2.40. The predicted molar refractivity (Wildman–Crippen MR) is 120 cm³/mol. The van der Waals surface area contributed by atoms with Gasteiger partial charge in [0.2, 0.25) is 5.91 Å². The molecule has 1 atom stereocenters. The van der Waals surface area contributed by atoms with Crippen molar-refractivity contribution in [3.63, 3.8) is 0 Å². The Balaban J connectivity index is 1.59. The summed E-state index contributed by atoms with van der Waals surface area (Å²) < 4.78 is 7.35. The van der Waals surface area contributed by atoms with Gasteiger partial charge in [0.1, 0.15) is 0 Å². The van der Waals surface area contributed by atoms with Crippen LogP contribution in [0.15, 0.2) is 24.3 Å². The van der Waals surface area contributed by atoms with Crippen LogP contribution in [0.1, 0.15) is 41.4 Å². The van der Waals surface area contributed by atoms with Crippen molar-refractivity contribution in [3.8, 4) is 6.07 Å². The first-order valence-electron chi connectivity index (χ1n) is 10.7. The molecule has 1 aliphatic heterocycles. The number of amides is 1. The second-order valence-electron chi connectivity index (χ2n) is 7.80. The van der Waals surface area contributed by atoms with E-state index in [1.165, 1.54) is 0 Å². The molecule has 7 nitrogen and oxygen atoms in total. The molecule has 0 aliphatic carbocycles. The molecule has 1 aliphatic rings. The fourth-order valence-electron chi connectivity index (χ4n) is 4.04. The highest BCUT2D eigenvalue weighted by molar-refractivity contribution is 6.30. The maximum Gasteiger partial charge on any atom is 0.220 e. The van der Waals surface area contributed by atoms with Crippen LogP contribution in [0.5, 0.6) is 0 Å². The molecule has 0 spiro atoms. The lowest BCUT2D eigenvalue weighted by Crippen LogP contribution is -2.43. The molecule has 0 bridgehead atoms. The van der Waals surface area contributed by atoms with Crippen LogP contribution in [0.25, 0.3) is 0 Å². The zero-order valence-electron chi connectivity index (χ0n) is 18.2. The number of ether oxygens (including phenoxy) is 1. The first-order chi connectivity index (χ1) is 15.0. The Morgan fingerprint density at radius 1 is 1.29 bits per heavy atom. The number of nitrogens with zero attached hydrogens (tertiary/aromatic N) is 4. The van der Waals surface area contributed by atoms with Gasteiger partial charge in [-0.3, -0.25) is 14.4 Å². The number of benzene rings is 1. The molecule has 1 fully saturated rings. The van der Waals surface area contributed by atoms with Gasteiger partial charge < -0.3 is 10.1 Å². The summed E-state index contributed by atoms with van der Waals surface area (Å²) in [5.41, 5.74) is 4.19. The highest BCUT2D eigenvalue weighted by Gasteiger charge is 2.23. The number of carbonyl (C=O) groups excluding carboxylic acids is 1. The molecular formula is C23H30ClN5O2. The highest BCUT2D eigenvalue weighted by atomic mass is 35.5. The number of nitriles is 1. The number of nitrogens with one attached hydrogen (secondary N) is 1. The van der Waals surface area contributed by atoms with Gasteiger partial charge in [-0.2, -0.15) is 10.4 Å². The number of halogens is 1. The smallest absolute Gasteiger partial charge is 0.220 e. The molecule has 1 N–H and O–H groups in total. The second-order valence-corrected chi connectivity index (χ2v) is 8.24. The van der Waals surface area contributed by atoms with Gasteiger partial charge in [-0.05, 0) is 43.5 Å². The average molecular weight is 444 g/mol. The molecule has 1 aromatic heterocycles. The zero-order chi connectivity index (χ0) is 22.2. The summed E-state index contributed by atoms with van der Waals surface area (Å²) in [5, 5.41) is 17.1. The van der Waals surface area contributed by atoms with E-state index in [4.69, 9.17) is 21.6 Å². The first-order valence-corrected chi connectivity index (χ1v) is 11.1. The predicted octanol–water partition coefficient (Wildman–Crippen LogP) is 3.19. The Kier molecular flexibility index (Phi) is 8.47. The van der Waals surface area contributed by atoms with Gasteiger partial charge in [0.15, 0.2) is 0 Å². The summed E-state index contributed by atoms with van der Waals surface area (Å²) in [4.78, 5) is 15.0. The Morgan fingerprint density at radius 3 is 2.68 bits per heavy atom. The lowest BCUT2D eigenvalue weighted by Gasteiger charge is -2.35. The van der Waals surface area contributed by atoms with Crippen LogP contribution in [0, 0.1) is 25.2 Å². The number of hydrogen-bond donors (Lipinski definition) is 1. The number of morpholine rings is 1. The third-order valence-electron chi connectivity index (χ3n) is 5.80. The van der Waals surface area contributed by atoms with Crippen molar-refractivity contribution >= 4 is 17.5 Å². The number of carbonyl (C=O) groups is 1. The van der Waals surface area contributed by atoms with E-state index in [9.17, 15) is 4.79 Å². The van der Waals surface area contributed by atoms with Crippen LogP contribution in [0.3, 0.4) is 0 Å². The normalized spacial score (nSPS) is 15.4. The van der Waals surface area contributed by atoms with Gasteiger partial charge in [0, 0.05) is 36.8 Å². The van der Waals surface area contributed by atoms with E-state index in [0.29, 0.717) is 50.6 Å². The Labute approximate surface area is 188 Å². The van der Waals surface area contributed by atoms with Crippen molar-refractivity contribution in [2.75, 3.05) is 32.8 Å². The fourth-order valence-corrected chi connectivity index (χ4v) is 4.16. The number of rotatable bonds is 9. The van der Waals surface area contributed by atoms with E-state index >= 15 is 0 Å². The van der Waals surface area contributed by atoms with Crippen LogP contribution in [0.4, 0.5) is 0 Å². The van der Waals surface area contributed by atoms with Crippen molar-refractivity contribution in [1.29, 1.82) is 5.26 Å². The maximum atomic E-state index is 12.6. The Morgan fingerprint density at radius 2 is 2.00 bits per heavy atom. The fraction of sp³-hybridized carbons (Fsp3) is 0.522. The molecular weight excluding hydrogens is 414 g/mol. The van der Waals surface area contributed by atoms with Gasteiger partial charge >= 0.3 is 0 Å². The van der Waals surface area contributed by atoms with Gasteiger partial charge in [-0.1, -0.05) is 23.7 Å². The van der Waals surface area contributed by atoms with Crippen molar-refractivity contribution in [1.82, 2.24) is 20.0 Å². The number of aromatic nitrogens is 2. The molecule has 166 valence electrons. The molecule has 8 heteroatoms. The largest absolute Gasteiger partial charge is 0.379 e. The molecule has 31 heavy (non-hydrogen) atoms. The average Bonchev–Trinajstić information content (AvgIpc) is 3.05. The first kappa shape index (κ1) is 23.3. The van der Waals surface area contributed by atoms with Gasteiger partial charge in [0.25, 0.3) is 0 Å². The van der Waals surface area contributed by atoms with Crippen molar-refractivity contribution in [2.45, 2.75) is 45.7 Å². The molecule has 3 rings (SSSR count). The molecule has 0 saturated carbocycles. The van der Waals surface area contributed by atoms with Crippen LogP contribution >= 0.6 is 11.6 Å². The van der Waals surface area contributed by atoms with Crippen LogP contribution in [-0.2, 0) is 22.5 Å². The lowest BCUT2D eigenvalue weighted by molar-refractivity contribution is -0.121. The van der Waals surface area contributed by atoms with Crippen LogP contribution in [0.2, 0.25) is 5.02 Å². The van der Waals surface area contributed by atoms with E-state index in [2.05, 4.69) is 21.4 Å². The summed E-state index contributed by atoms with van der Waals surface area (Å²) in [7, 11) is 0. The molecule has 1 amide bonds. The Bertz CT molecular complexity index is 913. The standard InChI is InChI=1S/C23H30ClN5O2/c1-17-21(18(2)29(27-17)11-3-10-25)8-9-23(30)26-16-22(28-12-14-31-15-13-28)19-4-6-20(24)7-5-19/h4-7,22H,3,8-9,11-16H2,1-2H3,(H,26,30)/t22-/m0/s1. The van der Waals surface area contributed by atoms with Gasteiger partial charge in [-0.25, -0.2) is 0 Å². The number of aryl methyl sites for hydroxylation is 2. The number of hydrogen-bond acceptors (Lipinski definition) is 5. The molecule has 0 unspecified atom stereocenters. The maximum absolute atomic E-state index is 12.6. The molecule has 1 saturated heterocycles. The molecule has 2 heterocycles. The highest BCUT2D eigenvalue weighted by Crippen LogP contribution is 2.23. The summed E-state index contributed by atoms with van der Waals surface area (Å²) in [6.45, 7) is 8.15. The van der Waals surface area contributed by atoms with E-state index in [1.807, 2.05) is 42.8 Å². The topological polar surface area (TPSA) is 83.2 Å². The van der Waals surface area contributed by atoms with Crippen molar-refractivity contribution < 1.29 is 9.53 Å². The summed E-state index contributed by atoms with van der Waals surface area (Å²) in [6, 6.07) is 10.1. The minimum Gasteiger partial charge on any atom is -0.379 e. The van der Waals surface area contributed by atoms with E-state index < -0.39 is 0 Å². The van der Waals surface area contributed by atoms with Crippen molar-refractivity contribution in [3.05, 3.63) is 51.8 Å². The molecule has 2 aromatic rings. The monoisotopic (exact) mass is 443 g/mol. The molecule has 0 radical (unpaired) electrons. The third kappa shape index (κ3) is 6.30. The quantitative estimate of drug-likeness (QED) is 0.643. The van der Waals surface area contributed by atoms with Gasteiger partial charge in [-0.15, -0.1) is 0 Å². The third-order valence-corrected chi connectivity index (χ3v) is 6.05. The summed E-state index contributed by atoms with van der Waals surface area (Å²) in [6.07, 6.45) is 1.47. The van der Waals surface area contributed by atoms with E-state index in [1.54, 1.807) is 0 Å². The van der Waals surface area contributed by atoms with E-state index in [0.717, 1.165) is 35.6 Å². The molecule has 1 aromatic carbocycles. The zero-order valence-corrected chi connectivity index (χ0v) is 19.0. The second kappa shape index (κ2) is 11.3. The van der Waals surface area contributed by atoms with Crippen LogP contribution < -0.4 is 5.32 Å². The summed E-state index contributed by atoms with van der Waals surface area (Å²) in [5.74, 6) is 0.0239. The van der Waals surface area contributed by atoms with Crippen molar-refractivity contribution in [2.24, 2.45) is 0 Å². The minimum absolute atomic E-state index is 0.0239. The van der Waals surface area contributed by atoms with E-state index in [-0.39, 0.29) is 11.9 Å². The minimum atomic E-state index is 0.0239. The summed E-state index contributed by atoms with van der Waals surface area (Å²) >= 11 is 6.06. The van der Waals surface area contributed by atoms with Crippen LogP contribution in [-0.4, -0.2) is 53.4 Å².